The lowest BCUT2D eigenvalue weighted by Gasteiger charge is -2.61. The molecule has 0 bridgehead atoms. The van der Waals surface area contributed by atoms with Crippen LogP contribution >= 0.6 is 0 Å². The maximum Gasteiger partial charge on any atom is 0.410 e. The van der Waals surface area contributed by atoms with Gasteiger partial charge >= 0.3 is 12.1 Å². The number of aliphatic hydroxyl groups excluding tert-OH is 1. The van der Waals surface area contributed by atoms with E-state index in [1.165, 1.54) is 31.4 Å². The SMILES string of the molecule is CC#C[C@]12CC[C@H]3[C@@H]4CCC5=CC(=O)CCC5=C4[C@@H](c4ccc(N(C)CCCC(=O)N5CCN(C(O)OC(C)(C)C)CC5C(=O)N5CCN(C(=O)OC(C)(C)C)CC5C(=O)O)cc4)C[C@@]31CO2. The number of aliphatic hydroxyl groups is 1. The minimum absolute atomic E-state index is 0.0219. The summed E-state index contributed by atoms with van der Waals surface area (Å²) in [4.78, 5) is 74.5. The molecule has 7 aliphatic rings. The Bertz CT molecular complexity index is 2250. The van der Waals surface area contributed by atoms with Crippen LogP contribution in [0.3, 0.4) is 0 Å². The van der Waals surface area contributed by atoms with Gasteiger partial charge in [0.2, 0.25) is 18.2 Å². The second-order valence-corrected chi connectivity index (χ2v) is 21.8. The number of ketones is 1. The highest BCUT2D eigenvalue weighted by molar-refractivity contribution is 5.93. The number of piperazine rings is 2. The van der Waals surface area contributed by atoms with Gasteiger partial charge in [-0.2, -0.15) is 0 Å². The monoisotopic (exact) mass is 926 g/mol. The molecule has 3 aliphatic heterocycles. The van der Waals surface area contributed by atoms with Crippen LogP contribution in [-0.2, 0) is 33.4 Å². The van der Waals surface area contributed by atoms with Crippen molar-refractivity contribution < 1.29 is 48.4 Å². The number of rotatable bonds is 10. The summed E-state index contributed by atoms with van der Waals surface area (Å²) in [5.74, 6) is 6.11. The molecule has 15 nitrogen and oxygen atoms in total. The smallest absolute Gasteiger partial charge is 0.410 e. The number of carbonyl (C=O) groups is 5. The Hall–Kier alpha value is -4.75. The van der Waals surface area contributed by atoms with Gasteiger partial charge < -0.3 is 44.0 Å². The molecule has 1 aromatic carbocycles. The van der Waals surface area contributed by atoms with Gasteiger partial charge in [-0.05, 0) is 140 Å². The summed E-state index contributed by atoms with van der Waals surface area (Å²) in [7, 11) is 2.01. The molecule has 8 rings (SSSR count). The van der Waals surface area contributed by atoms with E-state index in [0.717, 1.165) is 50.8 Å². The van der Waals surface area contributed by atoms with Gasteiger partial charge in [0.25, 0.3) is 0 Å². The number of fused-ring (bicyclic) bond motifs is 3. The van der Waals surface area contributed by atoms with E-state index in [1.807, 2.05) is 20.0 Å². The number of aliphatic carboxylic acids is 1. The van der Waals surface area contributed by atoms with Crippen LogP contribution in [0.2, 0.25) is 0 Å². The van der Waals surface area contributed by atoms with Crippen molar-refractivity contribution in [1.82, 2.24) is 19.6 Å². The van der Waals surface area contributed by atoms with Crippen LogP contribution in [-0.4, -0.2) is 154 Å². The van der Waals surface area contributed by atoms with Crippen LogP contribution < -0.4 is 4.90 Å². The molecule has 8 atom stereocenters. The molecule has 4 aliphatic carbocycles. The molecule has 3 unspecified atom stereocenters. The summed E-state index contributed by atoms with van der Waals surface area (Å²) in [5.41, 5.74) is 4.65. The Morgan fingerprint density at radius 1 is 0.940 bits per heavy atom. The number of carboxylic acids is 1. The molecule has 3 amide bonds. The molecule has 3 saturated heterocycles. The Kier molecular flexibility index (Phi) is 13.5. The maximum absolute atomic E-state index is 14.5. The standard InChI is InChI=1S/C52H71N5O10/c1-9-21-52-22-20-40-38-18-14-34-28-36(58)17-19-37(34)44(38)39(29-51(40,52)32-65-52)33-12-15-35(16-13-33)53(8)23-10-11-43(59)56-26-24-54(47(63)66-49(2,3)4)30-41(56)45(60)57-27-25-55(31-42(57)46(61)62)48(64)67-50(5,6)7/h12-13,15-16,28,38-42,47,63H,10-11,14,17-20,22-27,29-32H2,1-8H3,(H,61,62)/t38-,39+,40-,41?,42?,47?,51+,52-/m0/s1. The first kappa shape index (κ1) is 48.7. The lowest BCUT2D eigenvalue weighted by molar-refractivity contribution is -0.247. The van der Waals surface area contributed by atoms with Crippen molar-refractivity contribution in [3.05, 3.63) is 52.6 Å². The minimum Gasteiger partial charge on any atom is -0.480 e. The number of ether oxygens (including phenoxy) is 3. The summed E-state index contributed by atoms with van der Waals surface area (Å²) < 4.78 is 17.7. The van der Waals surface area contributed by atoms with E-state index < -0.39 is 47.7 Å². The highest BCUT2D eigenvalue weighted by Gasteiger charge is 2.71. The quantitative estimate of drug-likeness (QED) is 0.217. The van der Waals surface area contributed by atoms with E-state index in [2.05, 4.69) is 41.0 Å². The summed E-state index contributed by atoms with van der Waals surface area (Å²) in [6, 6.07) is 6.38. The van der Waals surface area contributed by atoms with Crippen molar-refractivity contribution in [1.29, 1.82) is 0 Å². The molecule has 1 aromatic rings. The normalized spacial score (nSPS) is 30.1. The van der Waals surface area contributed by atoms with E-state index >= 15 is 0 Å². The van der Waals surface area contributed by atoms with Crippen LogP contribution in [0.15, 0.2) is 47.1 Å². The first-order valence-corrected chi connectivity index (χ1v) is 24.4. The number of carboxylic acid groups (broad SMARTS) is 1. The van der Waals surface area contributed by atoms with Crippen molar-refractivity contribution in [2.75, 3.05) is 64.4 Å². The van der Waals surface area contributed by atoms with Crippen molar-refractivity contribution in [2.45, 2.75) is 147 Å². The zero-order valence-electron chi connectivity index (χ0n) is 40.8. The van der Waals surface area contributed by atoms with E-state index in [0.29, 0.717) is 31.2 Å². The van der Waals surface area contributed by atoms with Crippen LogP contribution in [0.4, 0.5) is 10.5 Å². The Labute approximate surface area is 395 Å². The molecule has 2 N–H and O–H groups in total. The predicted molar refractivity (Wildman–Crippen MR) is 251 cm³/mol. The second-order valence-electron chi connectivity index (χ2n) is 21.8. The fourth-order valence-corrected chi connectivity index (χ4v) is 12.4. The molecule has 0 aromatic heterocycles. The topological polar surface area (TPSA) is 170 Å². The second kappa shape index (κ2) is 18.6. The van der Waals surface area contributed by atoms with Gasteiger partial charge in [-0.1, -0.05) is 23.6 Å². The van der Waals surface area contributed by atoms with Crippen LogP contribution in [0.5, 0.6) is 0 Å². The first-order valence-electron chi connectivity index (χ1n) is 24.4. The number of hydrogen-bond donors (Lipinski definition) is 2. The van der Waals surface area contributed by atoms with Crippen LogP contribution in [0.1, 0.15) is 118 Å². The summed E-state index contributed by atoms with van der Waals surface area (Å²) in [6.45, 7) is 13.9. The third-order valence-electron chi connectivity index (χ3n) is 15.5. The lowest BCUT2D eigenvalue weighted by Crippen LogP contribution is -2.67. The average Bonchev–Trinajstić information content (AvgIpc) is 3.48. The fourth-order valence-electron chi connectivity index (χ4n) is 12.4. The van der Waals surface area contributed by atoms with Crippen molar-refractivity contribution in [3.63, 3.8) is 0 Å². The molecule has 2 saturated carbocycles. The number of allylic oxidation sites excluding steroid dienone is 4. The number of anilines is 1. The number of amides is 3. The average molecular weight is 926 g/mol. The van der Waals surface area contributed by atoms with E-state index in [9.17, 15) is 34.2 Å². The molecular weight excluding hydrogens is 855 g/mol. The number of nitrogens with zero attached hydrogens (tertiary/aromatic N) is 5. The van der Waals surface area contributed by atoms with Gasteiger partial charge in [-0.25, -0.2) is 9.59 Å². The fraction of sp³-hybridized carbons (Fsp3) is 0.673. The third kappa shape index (κ3) is 9.52. The molecule has 0 radical (unpaired) electrons. The predicted octanol–water partition coefficient (Wildman–Crippen LogP) is 5.71. The summed E-state index contributed by atoms with van der Waals surface area (Å²) in [6.07, 6.45) is 7.03. The third-order valence-corrected chi connectivity index (χ3v) is 15.5. The molecule has 5 fully saturated rings. The zero-order chi connectivity index (χ0) is 48.2. The Morgan fingerprint density at radius 3 is 2.33 bits per heavy atom. The van der Waals surface area contributed by atoms with Gasteiger partial charge in [0, 0.05) is 76.2 Å². The van der Waals surface area contributed by atoms with Crippen molar-refractivity contribution in [3.8, 4) is 11.8 Å². The first-order chi connectivity index (χ1) is 31.6. The van der Waals surface area contributed by atoms with E-state index in [4.69, 9.17) is 14.2 Å². The highest BCUT2D eigenvalue weighted by Crippen LogP contribution is 2.71. The highest BCUT2D eigenvalue weighted by atomic mass is 16.6. The molecule has 67 heavy (non-hydrogen) atoms. The lowest BCUT2D eigenvalue weighted by atomic mass is 9.49. The largest absolute Gasteiger partial charge is 0.480 e. The summed E-state index contributed by atoms with van der Waals surface area (Å²) >= 11 is 0. The number of hydrogen-bond acceptors (Lipinski definition) is 11. The van der Waals surface area contributed by atoms with Gasteiger partial charge in [0.1, 0.15) is 23.3 Å². The van der Waals surface area contributed by atoms with Gasteiger partial charge in [0.05, 0.1) is 18.8 Å². The van der Waals surface area contributed by atoms with Gasteiger partial charge in [-0.15, -0.1) is 5.92 Å². The minimum atomic E-state index is -1.36. The van der Waals surface area contributed by atoms with Gasteiger partial charge in [0.15, 0.2) is 5.78 Å². The van der Waals surface area contributed by atoms with Crippen molar-refractivity contribution >= 4 is 35.3 Å². The molecule has 1 spiro atoms. The summed E-state index contributed by atoms with van der Waals surface area (Å²) in [5, 5.41) is 21.4. The molecular formula is C52H71N5O10. The van der Waals surface area contributed by atoms with Gasteiger partial charge in [-0.3, -0.25) is 19.3 Å². The Balaban J connectivity index is 0.955. The molecule has 364 valence electrons. The molecule has 3 heterocycles. The van der Waals surface area contributed by atoms with Crippen LogP contribution in [0, 0.1) is 29.1 Å². The van der Waals surface area contributed by atoms with Crippen LogP contribution in [0.25, 0.3) is 0 Å². The van der Waals surface area contributed by atoms with E-state index in [1.54, 1.807) is 52.0 Å². The zero-order valence-corrected chi connectivity index (χ0v) is 40.8. The number of carbonyl (C=O) groups excluding carboxylic acids is 4. The van der Waals surface area contributed by atoms with E-state index in [-0.39, 0.29) is 74.3 Å². The maximum atomic E-state index is 14.5. The number of benzene rings is 1. The molecule has 15 heteroatoms. The van der Waals surface area contributed by atoms with Crippen molar-refractivity contribution in [2.24, 2.45) is 17.3 Å². The Morgan fingerprint density at radius 2 is 1.67 bits per heavy atom.